The van der Waals surface area contributed by atoms with Crippen molar-refractivity contribution in [2.45, 2.75) is 32.9 Å². The zero-order valence-electron chi connectivity index (χ0n) is 9.70. The average molecular weight is 373 g/mol. The molecule has 0 aromatic rings. The van der Waals surface area contributed by atoms with E-state index in [0.29, 0.717) is 0 Å². The van der Waals surface area contributed by atoms with Crippen LogP contribution in [0, 0.1) is 11.6 Å². The predicted molar refractivity (Wildman–Crippen MR) is 84.7 cm³/mol. The Labute approximate surface area is 121 Å². The number of rotatable bonds is 0. The van der Waals surface area contributed by atoms with E-state index in [1.165, 1.54) is 0 Å². The third kappa shape index (κ3) is 3.94. The lowest BCUT2D eigenvalue weighted by molar-refractivity contribution is 0.782. The first-order valence-electron chi connectivity index (χ1n) is 4.57. The van der Waals surface area contributed by atoms with Gasteiger partial charge in [0.2, 0.25) is 0 Å². The van der Waals surface area contributed by atoms with Gasteiger partial charge in [-0.3, -0.25) is 0 Å². The fraction of sp³-hybridized carbons (Fsp3) is 0.714. The summed E-state index contributed by atoms with van der Waals surface area (Å²) in [5.41, 5.74) is 3.03. The Morgan fingerprint density at radius 2 is 1.35 bits per heavy atom. The Bertz CT molecular complexity index is 544. The number of nitrogens with zero attached hydrogens (tertiary/aromatic N) is 3. The van der Waals surface area contributed by atoms with Crippen molar-refractivity contribution in [2.24, 2.45) is 13.5 Å². The fourth-order valence-corrected chi connectivity index (χ4v) is 17.5. The second-order valence-corrected chi connectivity index (χ2v) is 17.7. The van der Waals surface area contributed by atoms with Crippen molar-refractivity contribution in [1.29, 1.82) is 0 Å². The summed E-state index contributed by atoms with van der Waals surface area (Å²) in [5.74, 6) is -2.91. The average Bonchev–Trinajstić information content (AvgIpc) is 1.95. The summed E-state index contributed by atoms with van der Waals surface area (Å²) in [7, 11) is -2.45. The maximum Gasteiger partial charge on any atom is 0.256 e. The number of hydrogen-bond donors (Lipinski definition) is 0. The Kier molecular flexibility index (Phi) is 4.91. The van der Waals surface area contributed by atoms with Gasteiger partial charge in [0.1, 0.15) is 0 Å². The molecular weight excluding hydrogens is 361 g/mol. The summed E-state index contributed by atoms with van der Waals surface area (Å²) in [6.07, 6.45) is 0. The Morgan fingerprint density at radius 3 is 1.71 bits per heavy atom. The second-order valence-electron chi connectivity index (χ2n) is 4.31. The lowest BCUT2D eigenvalue weighted by Crippen LogP contribution is -2.12. The molecule has 0 N–H and O–H groups in total. The van der Waals surface area contributed by atoms with Gasteiger partial charge in [0, 0.05) is 5.16 Å². The highest BCUT2D eigenvalue weighted by molar-refractivity contribution is 8.21. The zero-order chi connectivity index (χ0) is 13.5. The summed E-state index contributed by atoms with van der Waals surface area (Å²) in [5, 5.41) is -0.310. The van der Waals surface area contributed by atoms with Gasteiger partial charge in [0.05, 0.1) is 0 Å². The van der Waals surface area contributed by atoms with Crippen LogP contribution < -0.4 is 0 Å². The van der Waals surface area contributed by atoms with Crippen LogP contribution in [0.2, 0.25) is 0 Å². The minimum absolute atomic E-state index is 0.310. The normalized spacial score (nSPS) is 30.1. The minimum atomic E-state index is -2.87. The van der Waals surface area contributed by atoms with Gasteiger partial charge >= 0.3 is 0 Å². The largest absolute Gasteiger partial charge is 0.256 e. The summed E-state index contributed by atoms with van der Waals surface area (Å²) in [6.45, 7) is 7.65. The van der Waals surface area contributed by atoms with Crippen LogP contribution >= 0.6 is 64.0 Å². The minimum Gasteiger partial charge on any atom is -0.201 e. The van der Waals surface area contributed by atoms with E-state index in [0.717, 1.165) is 0 Å². The Morgan fingerprint density at radius 1 is 0.882 bits per heavy atom. The monoisotopic (exact) mass is 371 g/mol. The van der Waals surface area contributed by atoms with E-state index in [1.54, 1.807) is 6.92 Å². The number of hydrogen-bond acceptors (Lipinski definition) is 3. The van der Waals surface area contributed by atoms with Gasteiger partial charge in [-0.1, -0.05) is 26.7 Å². The Balaban J connectivity index is 3.78. The zero-order valence-corrected chi connectivity index (χ0v) is 15.4. The first-order valence-corrected chi connectivity index (χ1v) is 13.3. The first kappa shape index (κ1) is 16.5. The summed E-state index contributed by atoms with van der Waals surface area (Å²) in [4.78, 5) is 0. The van der Waals surface area contributed by atoms with Crippen LogP contribution in [-0.2, 0) is 0 Å². The van der Waals surface area contributed by atoms with Gasteiger partial charge in [-0.2, -0.15) is 4.52 Å². The highest BCUT2D eigenvalue weighted by atomic mass is 35.9. The molecule has 1 aliphatic rings. The summed E-state index contributed by atoms with van der Waals surface area (Å²) in [6, 6.07) is 0. The quantitative estimate of drug-likeness (QED) is 0.308. The van der Waals surface area contributed by atoms with Crippen LogP contribution in [-0.4, -0.2) is 5.16 Å². The van der Waals surface area contributed by atoms with E-state index < -0.39 is 19.0 Å². The molecule has 0 aromatic heterocycles. The molecule has 0 aliphatic carbocycles. The molecule has 1 heterocycles. The van der Waals surface area contributed by atoms with Crippen molar-refractivity contribution >= 4 is 64.0 Å². The molecule has 1 rings (SSSR count). The molecule has 0 amide bonds. The van der Waals surface area contributed by atoms with E-state index in [-0.39, 0.29) is 5.16 Å². The van der Waals surface area contributed by atoms with Crippen molar-refractivity contribution in [3.63, 3.8) is 0 Å². The van der Waals surface area contributed by atoms with Crippen molar-refractivity contribution in [3.05, 3.63) is 0 Å². The van der Waals surface area contributed by atoms with Gasteiger partial charge in [-0.05, 0) is 57.5 Å². The van der Waals surface area contributed by atoms with Crippen LogP contribution in [0.25, 0.3) is 0 Å². The highest BCUT2D eigenvalue weighted by Gasteiger charge is 2.40. The van der Waals surface area contributed by atoms with E-state index in [9.17, 15) is 0 Å². The molecular formula is C7H12Cl4N3P3. The lowest BCUT2D eigenvalue weighted by Gasteiger charge is -2.32. The van der Waals surface area contributed by atoms with E-state index >= 15 is 0 Å². The molecule has 0 spiro atoms. The van der Waals surface area contributed by atoms with E-state index in [1.807, 2.05) is 20.8 Å². The van der Waals surface area contributed by atoms with Crippen molar-refractivity contribution in [1.82, 2.24) is 0 Å². The van der Waals surface area contributed by atoms with Gasteiger partial charge in [-0.15, -0.1) is 0 Å². The molecule has 98 valence electrons. The second kappa shape index (κ2) is 5.07. The Hall–Kier alpha value is 1.41. The molecule has 3 nitrogen and oxygen atoms in total. The van der Waals surface area contributed by atoms with E-state index in [4.69, 9.17) is 45.0 Å². The topological polar surface area (TPSA) is 37.1 Å². The molecule has 1 aliphatic heterocycles. The molecule has 1 atom stereocenters. The maximum absolute atomic E-state index is 6.08. The molecule has 0 bridgehead atoms. The van der Waals surface area contributed by atoms with Crippen LogP contribution in [0.3, 0.4) is 0 Å². The summed E-state index contributed by atoms with van der Waals surface area (Å²) >= 11 is 24.3. The van der Waals surface area contributed by atoms with Crippen LogP contribution in [0.15, 0.2) is 13.5 Å². The third-order valence-electron chi connectivity index (χ3n) is 1.89. The standard InChI is InChI=1S/C7H12Cl4N3P3/c1-5-6-15(7(2,3)4)12-16(8,9)14-17(10,11)13-15/h1-4H3. The highest BCUT2D eigenvalue weighted by Crippen LogP contribution is 2.87. The van der Waals surface area contributed by atoms with Gasteiger partial charge in [-0.25, -0.2) is 9.03 Å². The molecule has 0 aromatic carbocycles. The van der Waals surface area contributed by atoms with Crippen molar-refractivity contribution in [3.8, 4) is 11.6 Å². The van der Waals surface area contributed by atoms with E-state index in [2.05, 4.69) is 25.1 Å². The van der Waals surface area contributed by atoms with Crippen molar-refractivity contribution < 1.29 is 0 Å². The van der Waals surface area contributed by atoms with Crippen LogP contribution in [0.4, 0.5) is 0 Å². The molecule has 0 saturated heterocycles. The molecule has 10 heteroatoms. The van der Waals surface area contributed by atoms with Gasteiger partial charge < -0.3 is 0 Å². The van der Waals surface area contributed by atoms with Crippen LogP contribution in [0.5, 0.6) is 0 Å². The molecule has 1 unspecified atom stereocenters. The molecule has 0 saturated carbocycles. The molecule has 0 fully saturated rings. The predicted octanol–water partition coefficient (Wildman–Crippen LogP) is 7.74. The smallest absolute Gasteiger partial charge is 0.201 e. The fourth-order valence-electron chi connectivity index (χ4n) is 1.13. The maximum atomic E-state index is 6.08. The van der Waals surface area contributed by atoms with Gasteiger partial charge in [0.15, 0.2) is 7.21 Å². The summed E-state index contributed by atoms with van der Waals surface area (Å²) < 4.78 is 12.8. The lowest BCUT2D eigenvalue weighted by atomic mass is 10.3. The SMILES string of the molecule is CC#CP1(C(C)(C)C)=NP(Cl)(Cl)=NP(Cl)(Cl)=N1. The van der Waals surface area contributed by atoms with Crippen LogP contribution in [0.1, 0.15) is 27.7 Å². The van der Waals surface area contributed by atoms with Crippen molar-refractivity contribution in [2.75, 3.05) is 0 Å². The molecule has 17 heavy (non-hydrogen) atoms. The number of halogens is 4. The van der Waals surface area contributed by atoms with Gasteiger partial charge in [0.25, 0.3) is 11.8 Å². The first-order chi connectivity index (χ1) is 7.43. The third-order valence-corrected chi connectivity index (χ3v) is 14.7. The molecule has 0 radical (unpaired) electrons.